The summed E-state index contributed by atoms with van der Waals surface area (Å²) >= 11 is 7.78. The number of thiophene rings is 1. The van der Waals surface area contributed by atoms with Gasteiger partial charge in [0.1, 0.15) is 0 Å². The normalized spacial score (nSPS) is 12.0. The van der Waals surface area contributed by atoms with Gasteiger partial charge in [0.25, 0.3) is 5.91 Å². The Morgan fingerprint density at radius 3 is 2.50 bits per heavy atom. The first kappa shape index (κ1) is 20.9. The van der Waals surface area contributed by atoms with Crippen molar-refractivity contribution in [1.82, 2.24) is 9.21 Å². The van der Waals surface area contributed by atoms with Crippen molar-refractivity contribution in [2.75, 3.05) is 13.6 Å². The number of halogens is 1. The van der Waals surface area contributed by atoms with E-state index in [0.717, 1.165) is 4.88 Å². The van der Waals surface area contributed by atoms with E-state index in [1.807, 2.05) is 24.4 Å². The second kappa shape index (κ2) is 8.52. The van der Waals surface area contributed by atoms with Gasteiger partial charge in [-0.25, -0.2) is 8.42 Å². The van der Waals surface area contributed by atoms with Gasteiger partial charge < -0.3 is 4.90 Å². The predicted molar refractivity (Wildman–Crippen MR) is 106 cm³/mol. The van der Waals surface area contributed by atoms with Crippen LogP contribution in [0, 0.1) is 0 Å². The van der Waals surface area contributed by atoms with E-state index in [-0.39, 0.29) is 27.4 Å². The average molecular weight is 415 g/mol. The number of hydrogen-bond acceptors (Lipinski definition) is 4. The number of nitrogens with zero attached hydrogens (tertiary/aromatic N) is 2. The van der Waals surface area contributed by atoms with Crippen molar-refractivity contribution in [2.24, 2.45) is 0 Å². The van der Waals surface area contributed by atoms with Crippen LogP contribution >= 0.6 is 22.9 Å². The van der Waals surface area contributed by atoms with Crippen LogP contribution in [-0.2, 0) is 16.6 Å². The Morgan fingerprint density at radius 1 is 1.27 bits per heavy atom. The molecule has 0 N–H and O–H groups in total. The molecular formula is C18H23ClN2O3S2. The first-order valence-electron chi connectivity index (χ1n) is 8.27. The lowest BCUT2D eigenvalue weighted by atomic mass is 10.2. The van der Waals surface area contributed by atoms with Crippen LogP contribution in [0.2, 0.25) is 5.02 Å². The van der Waals surface area contributed by atoms with E-state index in [1.165, 1.54) is 29.6 Å². The highest BCUT2D eigenvalue weighted by Crippen LogP contribution is 2.25. The molecule has 1 aromatic heterocycles. The monoisotopic (exact) mass is 414 g/mol. The number of benzene rings is 1. The molecule has 0 radical (unpaired) electrons. The zero-order valence-corrected chi connectivity index (χ0v) is 17.7. The highest BCUT2D eigenvalue weighted by atomic mass is 35.5. The number of rotatable bonds is 7. The minimum absolute atomic E-state index is 0.0635. The van der Waals surface area contributed by atoms with Gasteiger partial charge in [0.2, 0.25) is 10.0 Å². The lowest BCUT2D eigenvalue weighted by molar-refractivity contribution is 0.0754. The van der Waals surface area contributed by atoms with Crippen LogP contribution in [0.25, 0.3) is 0 Å². The number of carbonyl (C=O) groups excluding carboxylic acids is 1. The van der Waals surface area contributed by atoms with Crippen LogP contribution in [0.5, 0.6) is 0 Å². The van der Waals surface area contributed by atoms with Gasteiger partial charge in [-0.1, -0.05) is 17.7 Å². The second-order valence-electron chi connectivity index (χ2n) is 6.16. The maximum Gasteiger partial charge on any atom is 0.255 e. The van der Waals surface area contributed by atoms with Crippen molar-refractivity contribution in [2.45, 2.75) is 38.3 Å². The van der Waals surface area contributed by atoms with E-state index >= 15 is 0 Å². The summed E-state index contributed by atoms with van der Waals surface area (Å²) in [5, 5.41) is 2.20. The fraction of sp³-hybridized carbons (Fsp3) is 0.389. The van der Waals surface area contributed by atoms with E-state index in [9.17, 15) is 13.2 Å². The van der Waals surface area contributed by atoms with Gasteiger partial charge in [0.05, 0.1) is 22.0 Å². The quantitative estimate of drug-likeness (QED) is 0.685. The van der Waals surface area contributed by atoms with Crippen molar-refractivity contribution >= 4 is 38.9 Å². The Morgan fingerprint density at radius 2 is 1.96 bits per heavy atom. The summed E-state index contributed by atoms with van der Waals surface area (Å²) in [5.41, 5.74) is 0.198. The topological polar surface area (TPSA) is 57.7 Å². The van der Waals surface area contributed by atoms with Crippen molar-refractivity contribution in [3.63, 3.8) is 0 Å². The predicted octanol–water partition coefficient (Wildman–Crippen LogP) is 4.09. The third kappa shape index (κ3) is 4.46. The van der Waals surface area contributed by atoms with Gasteiger partial charge in [-0.2, -0.15) is 4.31 Å². The Hall–Kier alpha value is -1.41. The largest absolute Gasteiger partial charge is 0.334 e. The molecule has 8 heteroatoms. The van der Waals surface area contributed by atoms with Crippen molar-refractivity contribution in [3.8, 4) is 0 Å². The molecule has 0 unspecified atom stereocenters. The molecule has 0 aliphatic rings. The van der Waals surface area contributed by atoms with Crippen LogP contribution in [0.15, 0.2) is 40.6 Å². The third-order valence-electron chi connectivity index (χ3n) is 4.17. The Kier molecular flexibility index (Phi) is 6.85. The minimum atomic E-state index is -3.69. The van der Waals surface area contributed by atoms with Gasteiger partial charge in [-0.15, -0.1) is 11.3 Å². The fourth-order valence-electron chi connectivity index (χ4n) is 2.36. The fourth-order valence-corrected chi connectivity index (χ4v) is 4.67. The molecule has 0 atom stereocenters. The van der Waals surface area contributed by atoms with Gasteiger partial charge in [0.15, 0.2) is 0 Å². The third-order valence-corrected chi connectivity index (χ3v) is 7.39. The van der Waals surface area contributed by atoms with E-state index in [0.29, 0.717) is 13.1 Å². The summed E-state index contributed by atoms with van der Waals surface area (Å²) in [6.45, 7) is 6.42. The summed E-state index contributed by atoms with van der Waals surface area (Å²) in [4.78, 5) is 15.7. The van der Waals surface area contributed by atoms with E-state index in [1.54, 1.807) is 30.1 Å². The highest BCUT2D eigenvalue weighted by molar-refractivity contribution is 7.89. The minimum Gasteiger partial charge on any atom is -0.334 e. The first-order valence-corrected chi connectivity index (χ1v) is 11.0. The Balaban J connectivity index is 2.38. The van der Waals surface area contributed by atoms with Crippen LogP contribution in [0.4, 0.5) is 0 Å². The number of carbonyl (C=O) groups is 1. The van der Waals surface area contributed by atoms with Crippen LogP contribution in [-0.4, -0.2) is 43.2 Å². The number of hydrogen-bond donors (Lipinski definition) is 0. The average Bonchev–Trinajstić information content (AvgIpc) is 3.11. The van der Waals surface area contributed by atoms with Crippen molar-refractivity contribution in [1.29, 1.82) is 0 Å². The number of sulfonamides is 1. The molecular weight excluding hydrogens is 392 g/mol. The molecule has 1 amide bonds. The zero-order valence-electron chi connectivity index (χ0n) is 15.3. The summed E-state index contributed by atoms with van der Waals surface area (Å²) in [5.74, 6) is -0.282. The van der Waals surface area contributed by atoms with E-state index in [4.69, 9.17) is 11.6 Å². The SMILES string of the molecule is CCN(Cc1cccs1)C(=O)c1cc(S(=O)(=O)N(C)C(C)C)ccc1Cl. The molecule has 142 valence electrons. The smallest absolute Gasteiger partial charge is 0.255 e. The summed E-state index contributed by atoms with van der Waals surface area (Å²) in [6, 6.07) is 7.97. The molecule has 0 spiro atoms. The van der Waals surface area contributed by atoms with Crippen molar-refractivity contribution in [3.05, 3.63) is 51.2 Å². The second-order valence-corrected chi connectivity index (χ2v) is 9.59. The molecule has 0 saturated heterocycles. The molecule has 1 aromatic carbocycles. The lowest BCUT2D eigenvalue weighted by Crippen LogP contribution is -2.33. The summed E-state index contributed by atoms with van der Waals surface area (Å²) < 4.78 is 26.7. The van der Waals surface area contributed by atoms with Gasteiger partial charge >= 0.3 is 0 Å². The Labute approximate surface area is 164 Å². The van der Waals surface area contributed by atoms with Crippen LogP contribution in [0.1, 0.15) is 36.0 Å². The molecule has 0 fully saturated rings. The summed E-state index contributed by atoms with van der Waals surface area (Å²) in [6.07, 6.45) is 0. The van der Waals surface area contributed by atoms with Crippen LogP contribution < -0.4 is 0 Å². The summed E-state index contributed by atoms with van der Waals surface area (Å²) in [7, 11) is -2.17. The van der Waals surface area contributed by atoms with Gasteiger partial charge in [-0.3, -0.25) is 4.79 Å². The van der Waals surface area contributed by atoms with E-state index < -0.39 is 10.0 Å². The van der Waals surface area contributed by atoms with Gasteiger partial charge in [0, 0.05) is 24.5 Å². The molecule has 1 heterocycles. The molecule has 26 heavy (non-hydrogen) atoms. The molecule has 2 aromatic rings. The van der Waals surface area contributed by atoms with Gasteiger partial charge in [-0.05, 0) is 50.4 Å². The van der Waals surface area contributed by atoms with E-state index in [2.05, 4.69) is 0 Å². The molecule has 5 nitrogen and oxygen atoms in total. The number of amides is 1. The standard InChI is InChI=1S/C18H23ClN2O3S2/c1-5-21(12-14-7-6-10-25-14)18(22)16-11-15(8-9-17(16)19)26(23,24)20(4)13(2)3/h6-11,13H,5,12H2,1-4H3. The molecule has 0 saturated carbocycles. The van der Waals surface area contributed by atoms with Crippen LogP contribution in [0.3, 0.4) is 0 Å². The maximum atomic E-state index is 12.9. The molecule has 2 rings (SSSR count). The molecule has 0 bridgehead atoms. The maximum absolute atomic E-state index is 12.9. The first-order chi connectivity index (χ1) is 12.2. The van der Waals surface area contributed by atoms with Crippen molar-refractivity contribution < 1.29 is 13.2 Å². The molecule has 0 aliphatic heterocycles. The zero-order chi connectivity index (χ0) is 19.5. The molecule has 0 aliphatic carbocycles. The Bertz CT molecular complexity index is 865. The lowest BCUT2D eigenvalue weighted by Gasteiger charge is -2.23. The highest BCUT2D eigenvalue weighted by Gasteiger charge is 2.26.